The summed E-state index contributed by atoms with van der Waals surface area (Å²) in [4.78, 5) is 19.1. The number of likely N-dealkylation sites (tertiary alicyclic amines) is 1. The number of carbonyl (C=O) groups is 1. The summed E-state index contributed by atoms with van der Waals surface area (Å²) < 4.78 is 0. The highest BCUT2D eigenvalue weighted by Crippen LogP contribution is 2.27. The van der Waals surface area contributed by atoms with Crippen molar-refractivity contribution in [3.63, 3.8) is 0 Å². The van der Waals surface area contributed by atoms with E-state index in [0.717, 1.165) is 50.8 Å². The predicted molar refractivity (Wildman–Crippen MR) is 113 cm³/mol. The van der Waals surface area contributed by atoms with Crippen molar-refractivity contribution >= 4 is 35.8 Å². The minimum Gasteiger partial charge on any atom is -0.356 e. The van der Waals surface area contributed by atoms with E-state index in [1.54, 1.807) is 0 Å². The molecule has 0 aromatic rings. The molecular weight excluding hydrogens is 427 g/mol. The number of guanidine groups is 1. The smallest absolute Gasteiger partial charge is 0.225 e. The van der Waals surface area contributed by atoms with E-state index in [2.05, 4.69) is 20.5 Å². The molecule has 1 aliphatic heterocycles. The lowest BCUT2D eigenvalue weighted by Crippen LogP contribution is -2.46. The van der Waals surface area contributed by atoms with Crippen molar-refractivity contribution in [3.05, 3.63) is 0 Å². The molecule has 6 heteroatoms. The minimum absolute atomic E-state index is 0. The van der Waals surface area contributed by atoms with Gasteiger partial charge in [0.2, 0.25) is 5.91 Å². The van der Waals surface area contributed by atoms with Gasteiger partial charge in [-0.05, 0) is 38.0 Å². The van der Waals surface area contributed by atoms with Gasteiger partial charge in [0.1, 0.15) is 0 Å². The molecule has 3 rings (SSSR count). The van der Waals surface area contributed by atoms with Gasteiger partial charge in [-0.3, -0.25) is 9.79 Å². The van der Waals surface area contributed by atoms with E-state index in [1.165, 1.54) is 44.9 Å². The molecule has 144 valence electrons. The molecule has 0 bridgehead atoms. The molecule has 0 aromatic carbocycles. The average Bonchev–Trinajstić information content (AvgIpc) is 3.30. The molecule has 1 atom stereocenters. The number of carbonyl (C=O) groups excluding carboxylic acids is 1. The number of hydrogen-bond acceptors (Lipinski definition) is 2. The number of nitrogens with one attached hydrogen (secondary N) is 2. The third-order valence-corrected chi connectivity index (χ3v) is 6.05. The monoisotopic (exact) mass is 462 g/mol. The molecule has 1 heterocycles. The Hall–Kier alpha value is -0.530. The van der Waals surface area contributed by atoms with Crippen molar-refractivity contribution in [1.29, 1.82) is 0 Å². The first-order valence-corrected chi connectivity index (χ1v) is 10.0. The van der Waals surface area contributed by atoms with E-state index in [-0.39, 0.29) is 29.9 Å². The topological polar surface area (TPSA) is 56.7 Å². The Kier molecular flexibility index (Phi) is 8.79. The summed E-state index contributed by atoms with van der Waals surface area (Å²) in [6.07, 6.45) is 12.4. The number of amides is 1. The summed E-state index contributed by atoms with van der Waals surface area (Å²) in [6, 6.07) is 0.340. The van der Waals surface area contributed by atoms with Crippen LogP contribution in [0.15, 0.2) is 4.99 Å². The van der Waals surface area contributed by atoms with E-state index in [4.69, 9.17) is 0 Å². The fourth-order valence-electron chi connectivity index (χ4n) is 4.53. The lowest BCUT2D eigenvalue weighted by atomic mass is 9.88. The first-order chi connectivity index (χ1) is 11.8. The van der Waals surface area contributed by atoms with Crippen LogP contribution in [0, 0.1) is 11.8 Å². The standard InChI is InChI=1S/C19H34N4O.HI/c1-20-19(21-13-15-7-5-6-8-15)22-17-11-12-23(14-17)18(24)16-9-3-2-4-10-16;/h15-17H,2-14H2,1H3,(H2,20,21,22);1H. The maximum atomic E-state index is 12.7. The van der Waals surface area contributed by atoms with E-state index in [0.29, 0.717) is 11.9 Å². The summed E-state index contributed by atoms with van der Waals surface area (Å²) in [6.45, 7) is 2.75. The molecule has 5 nitrogen and oxygen atoms in total. The number of hydrogen-bond donors (Lipinski definition) is 2. The van der Waals surface area contributed by atoms with Crippen LogP contribution in [0.4, 0.5) is 0 Å². The second-order valence-corrected chi connectivity index (χ2v) is 7.85. The van der Waals surface area contributed by atoms with E-state index >= 15 is 0 Å². The number of rotatable bonds is 4. The van der Waals surface area contributed by atoms with Crippen molar-refractivity contribution in [2.24, 2.45) is 16.8 Å². The molecule has 3 aliphatic rings. The van der Waals surface area contributed by atoms with Crippen molar-refractivity contribution in [2.75, 3.05) is 26.7 Å². The van der Waals surface area contributed by atoms with Crippen LogP contribution < -0.4 is 10.6 Å². The summed E-state index contributed by atoms with van der Waals surface area (Å²) in [5.41, 5.74) is 0. The molecule has 25 heavy (non-hydrogen) atoms. The van der Waals surface area contributed by atoms with Gasteiger partial charge < -0.3 is 15.5 Å². The van der Waals surface area contributed by atoms with Crippen LogP contribution >= 0.6 is 24.0 Å². The zero-order chi connectivity index (χ0) is 16.8. The molecule has 0 aromatic heterocycles. The second kappa shape index (κ2) is 10.6. The highest BCUT2D eigenvalue weighted by Gasteiger charge is 2.31. The van der Waals surface area contributed by atoms with Gasteiger partial charge in [-0.1, -0.05) is 32.1 Å². The zero-order valence-corrected chi connectivity index (χ0v) is 18.0. The third kappa shape index (κ3) is 6.00. The fraction of sp³-hybridized carbons (Fsp3) is 0.895. The van der Waals surface area contributed by atoms with Crippen molar-refractivity contribution in [3.8, 4) is 0 Å². The van der Waals surface area contributed by atoms with Gasteiger partial charge >= 0.3 is 0 Å². The van der Waals surface area contributed by atoms with Crippen LogP contribution in [0.1, 0.15) is 64.2 Å². The Balaban J connectivity index is 0.00000225. The molecule has 1 saturated heterocycles. The molecule has 1 amide bonds. The Bertz CT molecular complexity index is 445. The normalized spacial score (nSPS) is 25.7. The highest BCUT2D eigenvalue weighted by molar-refractivity contribution is 14.0. The molecule has 2 N–H and O–H groups in total. The first kappa shape index (κ1) is 20.8. The van der Waals surface area contributed by atoms with Crippen molar-refractivity contribution < 1.29 is 4.79 Å². The SMILES string of the molecule is CN=C(NCC1CCCC1)NC1CCN(C(=O)C2CCCCC2)C1.I. The number of aliphatic imine (C=N–C) groups is 1. The van der Waals surface area contributed by atoms with Crippen LogP contribution in [0.3, 0.4) is 0 Å². The van der Waals surface area contributed by atoms with Crippen LogP contribution in [-0.4, -0.2) is 49.5 Å². The molecule has 0 radical (unpaired) electrons. The largest absolute Gasteiger partial charge is 0.356 e. The van der Waals surface area contributed by atoms with Crippen LogP contribution in [0.2, 0.25) is 0 Å². The van der Waals surface area contributed by atoms with E-state index in [9.17, 15) is 4.79 Å². The highest BCUT2D eigenvalue weighted by atomic mass is 127. The van der Waals surface area contributed by atoms with Crippen LogP contribution in [-0.2, 0) is 4.79 Å². The second-order valence-electron chi connectivity index (χ2n) is 7.85. The van der Waals surface area contributed by atoms with Gasteiger partial charge in [0.05, 0.1) is 0 Å². The Morgan fingerprint density at radius 2 is 1.72 bits per heavy atom. The van der Waals surface area contributed by atoms with Gasteiger partial charge in [0.25, 0.3) is 0 Å². The van der Waals surface area contributed by atoms with Gasteiger partial charge in [-0.2, -0.15) is 0 Å². The van der Waals surface area contributed by atoms with Gasteiger partial charge in [0, 0.05) is 38.6 Å². The lowest BCUT2D eigenvalue weighted by molar-refractivity contribution is -0.135. The Morgan fingerprint density at radius 3 is 2.40 bits per heavy atom. The Labute approximate surface area is 169 Å². The maximum Gasteiger partial charge on any atom is 0.225 e. The van der Waals surface area contributed by atoms with Crippen LogP contribution in [0.25, 0.3) is 0 Å². The number of halogens is 1. The molecule has 0 spiro atoms. The fourth-order valence-corrected chi connectivity index (χ4v) is 4.53. The van der Waals surface area contributed by atoms with Gasteiger partial charge in [0.15, 0.2) is 5.96 Å². The molecule has 2 aliphatic carbocycles. The zero-order valence-electron chi connectivity index (χ0n) is 15.6. The van der Waals surface area contributed by atoms with E-state index in [1.807, 2.05) is 7.05 Å². The summed E-state index contributed by atoms with van der Waals surface area (Å²) in [5.74, 6) is 2.39. The summed E-state index contributed by atoms with van der Waals surface area (Å²) in [7, 11) is 1.84. The third-order valence-electron chi connectivity index (χ3n) is 6.05. The van der Waals surface area contributed by atoms with Crippen LogP contribution in [0.5, 0.6) is 0 Å². The maximum absolute atomic E-state index is 12.7. The van der Waals surface area contributed by atoms with E-state index < -0.39 is 0 Å². The quantitative estimate of drug-likeness (QED) is 0.384. The molecule has 2 saturated carbocycles. The van der Waals surface area contributed by atoms with Crippen molar-refractivity contribution in [2.45, 2.75) is 70.3 Å². The first-order valence-electron chi connectivity index (χ1n) is 10.0. The van der Waals surface area contributed by atoms with Crippen molar-refractivity contribution in [1.82, 2.24) is 15.5 Å². The summed E-state index contributed by atoms with van der Waals surface area (Å²) >= 11 is 0. The minimum atomic E-state index is 0. The summed E-state index contributed by atoms with van der Waals surface area (Å²) in [5, 5.41) is 7.00. The number of nitrogens with zero attached hydrogens (tertiary/aromatic N) is 2. The molecule has 3 fully saturated rings. The van der Waals surface area contributed by atoms with Gasteiger partial charge in [-0.25, -0.2) is 0 Å². The molecule has 1 unspecified atom stereocenters. The predicted octanol–water partition coefficient (Wildman–Crippen LogP) is 3.14. The lowest BCUT2D eigenvalue weighted by Gasteiger charge is -2.26. The van der Waals surface area contributed by atoms with Gasteiger partial charge in [-0.15, -0.1) is 24.0 Å². The Morgan fingerprint density at radius 1 is 1.04 bits per heavy atom. The molecular formula is C19H35IN4O. The average molecular weight is 462 g/mol.